The number of methoxy groups -OCH3 is 1. The summed E-state index contributed by atoms with van der Waals surface area (Å²) in [6, 6.07) is 0. The quantitative estimate of drug-likeness (QED) is 0.845. The number of hydrogen-bond acceptors (Lipinski definition) is 6. The minimum Gasteiger partial charge on any atom is -0.458 e. The zero-order valence-electron chi connectivity index (χ0n) is 13.0. The van der Waals surface area contributed by atoms with Gasteiger partial charge in [0.25, 0.3) is 0 Å². The number of fused-ring (bicyclic) bond motifs is 1. The first-order chi connectivity index (χ1) is 10.8. The van der Waals surface area contributed by atoms with Gasteiger partial charge < -0.3 is 19.2 Å². The highest BCUT2D eigenvalue weighted by Crippen LogP contribution is 2.29. The summed E-state index contributed by atoms with van der Waals surface area (Å²) in [5.41, 5.74) is 2.81. The molecule has 0 spiro atoms. The molecule has 1 fully saturated rings. The fourth-order valence-corrected chi connectivity index (χ4v) is 3.02. The van der Waals surface area contributed by atoms with Crippen molar-refractivity contribution in [1.29, 1.82) is 0 Å². The predicted molar refractivity (Wildman–Crippen MR) is 84.1 cm³/mol. The van der Waals surface area contributed by atoms with E-state index in [4.69, 9.17) is 14.3 Å². The second-order valence-electron chi connectivity index (χ2n) is 5.76. The number of anilines is 1. The van der Waals surface area contributed by atoms with Gasteiger partial charge in [0.15, 0.2) is 11.4 Å². The van der Waals surface area contributed by atoms with Crippen molar-refractivity contribution in [3.8, 4) is 0 Å². The van der Waals surface area contributed by atoms with Crippen LogP contribution >= 0.6 is 0 Å². The first-order valence-corrected chi connectivity index (χ1v) is 7.93. The highest BCUT2D eigenvalue weighted by atomic mass is 16.5. The molecule has 3 heterocycles. The normalized spacial score (nSPS) is 16.5. The molecule has 22 heavy (non-hydrogen) atoms. The maximum absolute atomic E-state index is 9.14. The van der Waals surface area contributed by atoms with Gasteiger partial charge in [-0.15, -0.1) is 0 Å². The van der Waals surface area contributed by atoms with Gasteiger partial charge in [-0.2, -0.15) is 0 Å². The Balaban J connectivity index is 1.73. The van der Waals surface area contributed by atoms with Gasteiger partial charge in [-0.1, -0.05) is 0 Å². The number of aryl methyl sites for hydroxylation is 1. The van der Waals surface area contributed by atoms with E-state index in [1.807, 2.05) is 0 Å². The molecule has 1 atom stereocenters. The molecule has 6 heteroatoms. The van der Waals surface area contributed by atoms with E-state index in [0.29, 0.717) is 0 Å². The number of aliphatic hydroxyl groups excluding tert-OH is 1. The molecule has 1 N–H and O–H groups in total. The van der Waals surface area contributed by atoms with E-state index in [1.165, 1.54) is 12.8 Å². The molecule has 0 bridgehead atoms. The van der Waals surface area contributed by atoms with E-state index in [1.54, 1.807) is 19.7 Å². The number of aromatic nitrogens is 2. The van der Waals surface area contributed by atoms with E-state index in [2.05, 4.69) is 14.9 Å². The smallest absolute Gasteiger partial charge is 0.195 e. The van der Waals surface area contributed by atoms with Crippen LogP contribution in [0.2, 0.25) is 0 Å². The maximum Gasteiger partial charge on any atom is 0.195 e. The third kappa shape index (κ3) is 3.08. The van der Waals surface area contributed by atoms with Crippen LogP contribution in [-0.4, -0.2) is 48.0 Å². The monoisotopic (exact) mass is 305 g/mol. The Morgan fingerprint density at radius 3 is 2.91 bits per heavy atom. The standard InChI is InChI=1S/C16H23N3O3/c1-21-13(9-20)6-4-5-12-10-22-15-14(12)17-11-18-16(15)19-7-2-3-8-19/h10-11,13,20H,2-9H2,1H3. The van der Waals surface area contributed by atoms with Crippen molar-refractivity contribution in [3.05, 3.63) is 18.2 Å². The van der Waals surface area contributed by atoms with Crippen molar-refractivity contribution in [2.24, 2.45) is 0 Å². The molecule has 0 saturated carbocycles. The number of nitrogens with zero attached hydrogens (tertiary/aromatic N) is 3. The van der Waals surface area contributed by atoms with Gasteiger partial charge in [0.1, 0.15) is 11.8 Å². The van der Waals surface area contributed by atoms with Gasteiger partial charge in [-0.3, -0.25) is 0 Å². The molecule has 1 saturated heterocycles. The van der Waals surface area contributed by atoms with Crippen molar-refractivity contribution in [3.63, 3.8) is 0 Å². The lowest BCUT2D eigenvalue weighted by molar-refractivity contribution is 0.0420. The number of rotatable bonds is 7. The van der Waals surface area contributed by atoms with E-state index in [-0.39, 0.29) is 12.7 Å². The zero-order valence-corrected chi connectivity index (χ0v) is 13.0. The fraction of sp³-hybridized carbons (Fsp3) is 0.625. The predicted octanol–water partition coefficient (Wildman–Crippen LogP) is 2.15. The largest absolute Gasteiger partial charge is 0.458 e. The molecular formula is C16H23N3O3. The second kappa shape index (κ2) is 7.07. The topological polar surface area (TPSA) is 71.6 Å². The third-order valence-electron chi connectivity index (χ3n) is 4.32. The molecule has 2 aromatic heterocycles. The van der Waals surface area contributed by atoms with Crippen LogP contribution in [0.25, 0.3) is 11.1 Å². The Hall–Kier alpha value is -1.66. The molecular weight excluding hydrogens is 282 g/mol. The lowest BCUT2D eigenvalue weighted by Gasteiger charge is -2.15. The van der Waals surface area contributed by atoms with Crippen molar-refractivity contribution < 1.29 is 14.3 Å². The summed E-state index contributed by atoms with van der Waals surface area (Å²) in [5.74, 6) is 0.916. The van der Waals surface area contributed by atoms with Crippen molar-refractivity contribution in [2.45, 2.75) is 38.2 Å². The van der Waals surface area contributed by atoms with Crippen LogP contribution in [0.1, 0.15) is 31.2 Å². The lowest BCUT2D eigenvalue weighted by atomic mass is 10.1. The molecule has 2 aromatic rings. The average Bonchev–Trinajstić information content (AvgIpc) is 3.21. The summed E-state index contributed by atoms with van der Waals surface area (Å²) in [6.45, 7) is 2.13. The molecule has 1 aliphatic heterocycles. The molecule has 0 aliphatic carbocycles. The minimum absolute atomic E-state index is 0.0594. The average molecular weight is 305 g/mol. The Morgan fingerprint density at radius 1 is 1.36 bits per heavy atom. The summed E-state index contributed by atoms with van der Waals surface area (Å²) in [5, 5.41) is 9.14. The van der Waals surface area contributed by atoms with Crippen molar-refractivity contribution in [1.82, 2.24) is 9.97 Å². The first-order valence-electron chi connectivity index (χ1n) is 7.93. The molecule has 0 aromatic carbocycles. The van der Waals surface area contributed by atoms with Crippen LogP contribution in [0.5, 0.6) is 0 Å². The SMILES string of the molecule is COC(CO)CCCc1coc2c(N3CCCC3)ncnc12. The summed E-state index contributed by atoms with van der Waals surface area (Å²) in [7, 11) is 1.63. The van der Waals surface area contributed by atoms with Crippen LogP contribution in [0.3, 0.4) is 0 Å². The molecule has 6 nitrogen and oxygen atoms in total. The van der Waals surface area contributed by atoms with Gasteiger partial charge in [0.05, 0.1) is 19.0 Å². The minimum atomic E-state index is -0.0899. The molecule has 1 unspecified atom stereocenters. The zero-order chi connectivity index (χ0) is 15.4. The summed E-state index contributed by atoms with van der Waals surface area (Å²) in [6.07, 6.45) is 8.36. The van der Waals surface area contributed by atoms with Gasteiger partial charge in [-0.05, 0) is 32.1 Å². The van der Waals surface area contributed by atoms with Crippen LogP contribution in [0.15, 0.2) is 17.0 Å². The molecule has 0 radical (unpaired) electrons. The number of aliphatic hydroxyl groups is 1. The van der Waals surface area contributed by atoms with Gasteiger partial charge in [0, 0.05) is 25.8 Å². The summed E-state index contributed by atoms with van der Waals surface area (Å²) < 4.78 is 10.9. The van der Waals surface area contributed by atoms with Crippen LogP contribution in [-0.2, 0) is 11.2 Å². The Bertz CT molecular complexity index is 604. The second-order valence-corrected chi connectivity index (χ2v) is 5.76. The lowest BCUT2D eigenvalue weighted by Crippen LogP contribution is -2.19. The Kier molecular flexibility index (Phi) is 4.90. The van der Waals surface area contributed by atoms with E-state index >= 15 is 0 Å². The number of furan rings is 1. The molecule has 0 amide bonds. The van der Waals surface area contributed by atoms with Gasteiger partial charge >= 0.3 is 0 Å². The van der Waals surface area contributed by atoms with Gasteiger partial charge in [-0.25, -0.2) is 9.97 Å². The van der Waals surface area contributed by atoms with Crippen LogP contribution in [0.4, 0.5) is 5.82 Å². The van der Waals surface area contributed by atoms with Crippen molar-refractivity contribution >= 4 is 16.9 Å². The highest BCUT2D eigenvalue weighted by molar-refractivity contribution is 5.86. The summed E-state index contributed by atoms with van der Waals surface area (Å²) >= 11 is 0. The number of ether oxygens (including phenoxy) is 1. The van der Waals surface area contributed by atoms with Crippen LogP contribution < -0.4 is 4.90 Å². The molecule has 1 aliphatic rings. The fourth-order valence-electron chi connectivity index (χ4n) is 3.02. The number of hydrogen-bond donors (Lipinski definition) is 1. The Morgan fingerprint density at radius 2 is 2.18 bits per heavy atom. The van der Waals surface area contributed by atoms with Crippen LogP contribution in [0, 0.1) is 0 Å². The first kappa shape index (κ1) is 15.2. The summed E-state index contributed by atoms with van der Waals surface area (Å²) in [4.78, 5) is 11.1. The Labute approximate surface area is 130 Å². The van der Waals surface area contributed by atoms with Gasteiger partial charge in [0.2, 0.25) is 0 Å². The third-order valence-corrected chi connectivity index (χ3v) is 4.32. The maximum atomic E-state index is 9.14. The molecule has 120 valence electrons. The van der Waals surface area contributed by atoms with E-state index in [9.17, 15) is 0 Å². The van der Waals surface area contributed by atoms with E-state index < -0.39 is 0 Å². The molecule has 3 rings (SSSR count). The highest BCUT2D eigenvalue weighted by Gasteiger charge is 2.20. The van der Waals surface area contributed by atoms with E-state index in [0.717, 1.165) is 54.8 Å². The van der Waals surface area contributed by atoms with Crippen molar-refractivity contribution in [2.75, 3.05) is 31.7 Å².